The van der Waals surface area contributed by atoms with Gasteiger partial charge in [0.1, 0.15) is 13.2 Å². The number of carbonyl (C=O) groups excluding carboxylic acids is 3. The standard InChI is InChI=1S/C70H128O6/c1-4-7-10-13-16-19-22-24-26-28-30-31-32-33-34-35-36-37-38-40-41-43-45-48-51-54-57-60-63-69(72)75-66-67(65-74-68(71)62-59-56-53-50-47-21-18-15-12-9-6-3)76-70(73)64-61-58-55-52-49-46-44-42-39-29-27-25-23-20-17-14-11-8-5-2/h15,17-18,20,25,27,39,42,67H,4-14,16,19,21-24,26,28-38,40-41,43-66H2,1-3H3/b18-15-,20-17-,27-25-,42-39-. The van der Waals surface area contributed by atoms with Crippen LogP contribution in [0.2, 0.25) is 0 Å². The first-order chi connectivity index (χ1) is 37.5. The largest absolute Gasteiger partial charge is 0.462 e. The second-order valence-corrected chi connectivity index (χ2v) is 22.7. The first-order valence-electron chi connectivity index (χ1n) is 33.6. The molecule has 76 heavy (non-hydrogen) atoms. The average molecular weight is 1070 g/mol. The van der Waals surface area contributed by atoms with Crippen molar-refractivity contribution in [2.75, 3.05) is 13.2 Å². The Hall–Kier alpha value is -2.63. The van der Waals surface area contributed by atoms with Crippen LogP contribution in [0.5, 0.6) is 0 Å². The van der Waals surface area contributed by atoms with Crippen LogP contribution in [0.15, 0.2) is 48.6 Å². The maximum Gasteiger partial charge on any atom is 0.306 e. The number of carbonyl (C=O) groups is 3. The van der Waals surface area contributed by atoms with Crippen LogP contribution < -0.4 is 0 Å². The van der Waals surface area contributed by atoms with E-state index in [-0.39, 0.29) is 31.1 Å². The molecule has 0 rings (SSSR count). The molecule has 6 heteroatoms. The Morgan fingerprint density at radius 3 is 0.816 bits per heavy atom. The minimum Gasteiger partial charge on any atom is -0.462 e. The molecule has 0 fully saturated rings. The number of hydrogen-bond donors (Lipinski definition) is 0. The van der Waals surface area contributed by atoms with Gasteiger partial charge in [0.2, 0.25) is 0 Å². The summed E-state index contributed by atoms with van der Waals surface area (Å²) >= 11 is 0. The Labute approximate surface area is 473 Å². The summed E-state index contributed by atoms with van der Waals surface area (Å²) in [6.07, 6.45) is 81.4. The lowest BCUT2D eigenvalue weighted by molar-refractivity contribution is -0.167. The molecule has 0 aromatic heterocycles. The maximum absolute atomic E-state index is 12.9. The molecule has 0 aliphatic rings. The Morgan fingerprint density at radius 1 is 0.263 bits per heavy atom. The number of ether oxygens (including phenoxy) is 3. The molecule has 0 saturated carbocycles. The van der Waals surface area contributed by atoms with Crippen LogP contribution in [0.1, 0.15) is 361 Å². The molecular weight excluding hydrogens is 937 g/mol. The Morgan fingerprint density at radius 2 is 0.487 bits per heavy atom. The number of esters is 3. The third-order valence-electron chi connectivity index (χ3n) is 15.1. The fourth-order valence-corrected chi connectivity index (χ4v) is 9.96. The summed E-state index contributed by atoms with van der Waals surface area (Å²) in [5.41, 5.74) is 0. The van der Waals surface area contributed by atoms with E-state index in [4.69, 9.17) is 14.2 Å². The van der Waals surface area contributed by atoms with Gasteiger partial charge in [-0.3, -0.25) is 14.4 Å². The summed E-state index contributed by atoms with van der Waals surface area (Å²) in [5, 5.41) is 0. The van der Waals surface area contributed by atoms with Crippen LogP contribution in [0.4, 0.5) is 0 Å². The lowest BCUT2D eigenvalue weighted by Crippen LogP contribution is -2.30. The van der Waals surface area contributed by atoms with Gasteiger partial charge >= 0.3 is 17.9 Å². The third-order valence-corrected chi connectivity index (χ3v) is 15.1. The molecule has 0 amide bonds. The summed E-state index contributed by atoms with van der Waals surface area (Å²) in [4.78, 5) is 38.3. The lowest BCUT2D eigenvalue weighted by atomic mass is 10.0. The van der Waals surface area contributed by atoms with Crippen molar-refractivity contribution < 1.29 is 28.6 Å². The average Bonchev–Trinajstić information content (AvgIpc) is 3.42. The van der Waals surface area contributed by atoms with Gasteiger partial charge in [-0.05, 0) is 77.0 Å². The molecular formula is C70H128O6. The summed E-state index contributed by atoms with van der Waals surface area (Å²) < 4.78 is 16.9. The van der Waals surface area contributed by atoms with Crippen molar-refractivity contribution in [3.8, 4) is 0 Å². The van der Waals surface area contributed by atoms with Crippen molar-refractivity contribution in [2.45, 2.75) is 367 Å². The molecule has 6 nitrogen and oxygen atoms in total. The molecule has 0 heterocycles. The highest BCUT2D eigenvalue weighted by Gasteiger charge is 2.19. The predicted molar refractivity (Wildman–Crippen MR) is 330 cm³/mol. The fraction of sp³-hybridized carbons (Fsp3) is 0.843. The van der Waals surface area contributed by atoms with Crippen LogP contribution in [-0.4, -0.2) is 37.2 Å². The van der Waals surface area contributed by atoms with Gasteiger partial charge in [-0.1, -0.05) is 313 Å². The number of hydrogen-bond acceptors (Lipinski definition) is 6. The number of unbranched alkanes of at least 4 members (excludes halogenated alkanes) is 43. The van der Waals surface area contributed by atoms with Crippen molar-refractivity contribution in [2.24, 2.45) is 0 Å². The molecule has 0 spiro atoms. The molecule has 1 unspecified atom stereocenters. The monoisotopic (exact) mass is 1060 g/mol. The van der Waals surface area contributed by atoms with Gasteiger partial charge in [0, 0.05) is 19.3 Å². The molecule has 0 bridgehead atoms. The molecule has 0 radical (unpaired) electrons. The smallest absolute Gasteiger partial charge is 0.306 e. The molecule has 0 aromatic rings. The number of allylic oxidation sites excluding steroid dienone is 8. The number of rotatable bonds is 62. The van der Waals surface area contributed by atoms with Gasteiger partial charge < -0.3 is 14.2 Å². The van der Waals surface area contributed by atoms with Gasteiger partial charge in [-0.15, -0.1) is 0 Å². The normalized spacial score (nSPS) is 12.3. The van der Waals surface area contributed by atoms with E-state index in [1.807, 2.05) is 0 Å². The van der Waals surface area contributed by atoms with E-state index in [0.717, 1.165) is 89.9 Å². The van der Waals surface area contributed by atoms with E-state index in [1.165, 1.54) is 231 Å². The van der Waals surface area contributed by atoms with Gasteiger partial charge in [-0.2, -0.15) is 0 Å². The minimum atomic E-state index is -0.782. The molecule has 1 atom stereocenters. The van der Waals surface area contributed by atoms with Crippen LogP contribution in [-0.2, 0) is 28.6 Å². The second-order valence-electron chi connectivity index (χ2n) is 22.7. The quantitative estimate of drug-likeness (QED) is 0.0261. The Balaban J connectivity index is 4.18. The Bertz CT molecular complexity index is 1310. The highest BCUT2D eigenvalue weighted by molar-refractivity contribution is 5.71. The summed E-state index contributed by atoms with van der Waals surface area (Å²) in [6, 6.07) is 0. The molecule has 0 aliphatic heterocycles. The van der Waals surface area contributed by atoms with E-state index >= 15 is 0 Å². The molecule has 444 valence electrons. The lowest BCUT2D eigenvalue weighted by Gasteiger charge is -2.18. The third kappa shape index (κ3) is 62.2. The molecule has 0 N–H and O–H groups in total. The second kappa shape index (κ2) is 64.9. The summed E-state index contributed by atoms with van der Waals surface area (Å²) in [5.74, 6) is -0.881. The van der Waals surface area contributed by atoms with Crippen molar-refractivity contribution in [3.63, 3.8) is 0 Å². The SMILES string of the molecule is CCCC/C=C\CCCCCCCC(=O)OCC(COC(=O)CCCCCCCCCCCCCCCCCCCCCCCCCCCCCC)OC(=O)CCCCCCCC/C=C\C/C=C\C/C=C\CCCCC. The van der Waals surface area contributed by atoms with Gasteiger partial charge in [0.05, 0.1) is 0 Å². The minimum absolute atomic E-state index is 0.0778. The van der Waals surface area contributed by atoms with Crippen molar-refractivity contribution in [1.82, 2.24) is 0 Å². The van der Waals surface area contributed by atoms with E-state index in [9.17, 15) is 14.4 Å². The van der Waals surface area contributed by atoms with E-state index in [1.54, 1.807) is 0 Å². The van der Waals surface area contributed by atoms with Crippen LogP contribution >= 0.6 is 0 Å². The van der Waals surface area contributed by atoms with Crippen molar-refractivity contribution in [1.29, 1.82) is 0 Å². The molecule has 0 aliphatic carbocycles. The molecule has 0 aromatic carbocycles. The van der Waals surface area contributed by atoms with Crippen molar-refractivity contribution >= 4 is 17.9 Å². The van der Waals surface area contributed by atoms with Crippen molar-refractivity contribution in [3.05, 3.63) is 48.6 Å². The van der Waals surface area contributed by atoms with Gasteiger partial charge in [0.25, 0.3) is 0 Å². The topological polar surface area (TPSA) is 78.9 Å². The molecule has 0 saturated heterocycles. The van der Waals surface area contributed by atoms with Gasteiger partial charge in [0.15, 0.2) is 6.10 Å². The van der Waals surface area contributed by atoms with E-state index in [2.05, 4.69) is 69.4 Å². The highest BCUT2D eigenvalue weighted by atomic mass is 16.6. The maximum atomic E-state index is 12.9. The Kier molecular flexibility index (Phi) is 62.6. The zero-order chi connectivity index (χ0) is 55.0. The first-order valence-corrected chi connectivity index (χ1v) is 33.6. The summed E-state index contributed by atoms with van der Waals surface area (Å²) in [7, 11) is 0. The van der Waals surface area contributed by atoms with Crippen LogP contribution in [0.3, 0.4) is 0 Å². The highest BCUT2D eigenvalue weighted by Crippen LogP contribution is 2.18. The summed E-state index contributed by atoms with van der Waals surface area (Å²) in [6.45, 7) is 6.61. The fourth-order valence-electron chi connectivity index (χ4n) is 9.96. The predicted octanol–water partition coefficient (Wildman–Crippen LogP) is 22.9. The van der Waals surface area contributed by atoms with Crippen LogP contribution in [0.25, 0.3) is 0 Å². The zero-order valence-corrected chi connectivity index (χ0v) is 51.0. The zero-order valence-electron chi connectivity index (χ0n) is 51.0. The van der Waals surface area contributed by atoms with E-state index in [0.29, 0.717) is 19.3 Å². The van der Waals surface area contributed by atoms with E-state index < -0.39 is 6.10 Å². The van der Waals surface area contributed by atoms with Gasteiger partial charge in [-0.25, -0.2) is 0 Å². The van der Waals surface area contributed by atoms with Crippen LogP contribution in [0, 0.1) is 0 Å². The first kappa shape index (κ1) is 73.4.